The van der Waals surface area contributed by atoms with E-state index in [9.17, 15) is 0 Å². The van der Waals surface area contributed by atoms with Crippen molar-refractivity contribution in [3.05, 3.63) is 176 Å². The highest BCUT2D eigenvalue weighted by molar-refractivity contribution is 7.22. The van der Waals surface area contributed by atoms with Crippen LogP contribution >= 0.6 is 11.3 Å². The summed E-state index contributed by atoms with van der Waals surface area (Å²) in [5.74, 6) is 1.99. The van der Waals surface area contributed by atoms with E-state index in [1.165, 1.54) is 74.9 Å². The van der Waals surface area contributed by atoms with Crippen LogP contribution in [0.25, 0.3) is 119 Å². The van der Waals surface area contributed by atoms with Crippen molar-refractivity contribution in [2.24, 2.45) is 0 Å². The van der Waals surface area contributed by atoms with Crippen molar-refractivity contribution in [3.63, 3.8) is 0 Å². The van der Waals surface area contributed by atoms with Crippen molar-refractivity contribution in [3.8, 4) is 44.6 Å². The molecular formula is C51H29N3S. The average Bonchev–Trinajstić information content (AvgIpc) is 3.70. The lowest BCUT2D eigenvalue weighted by atomic mass is 9.87. The molecular weight excluding hydrogens is 687 g/mol. The minimum Gasteiger partial charge on any atom is -0.208 e. The molecule has 0 radical (unpaired) electrons. The van der Waals surface area contributed by atoms with E-state index in [1.807, 2.05) is 6.07 Å². The van der Waals surface area contributed by atoms with Crippen LogP contribution in [0.4, 0.5) is 0 Å². The Morgan fingerprint density at radius 2 is 0.782 bits per heavy atom. The monoisotopic (exact) mass is 715 g/mol. The molecule has 4 heteroatoms. The maximum Gasteiger partial charge on any atom is 0.174 e. The van der Waals surface area contributed by atoms with Gasteiger partial charge >= 0.3 is 0 Å². The predicted molar refractivity (Wildman–Crippen MR) is 233 cm³/mol. The number of thiophene rings is 1. The van der Waals surface area contributed by atoms with Gasteiger partial charge in [-0.3, -0.25) is 0 Å². The van der Waals surface area contributed by atoms with Gasteiger partial charge in [-0.2, -0.15) is 0 Å². The summed E-state index contributed by atoms with van der Waals surface area (Å²) in [5, 5.41) is 16.1. The van der Waals surface area contributed by atoms with Crippen LogP contribution in [0.3, 0.4) is 0 Å². The number of fused-ring (bicyclic) bond motifs is 3. The lowest BCUT2D eigenvalue weighted by Crippen LogP contribution is -2.00. The van der Waals surface area contributed by atoms with Crippen LogP contribution in [-0.4, -0.2) is 15.0 Å². The Labute approximate surface area is 320 Å². The van der Waals surface area contributed by atoms with E-state index in [0.717, 1.165) is 27.0 Å². The molecule has 2 heterocycles. The Hall–Kier alpha value is -7.01. The Bertz CT molecular complexity index is 3440. The van der Waals surface area contributed by atoms with E-state index in [-0.39, 0.29) is 0 Å². The molecule has 0 aliphatic rings. The van der Waals surface area contributed by atoms with E-state index in [0.29, 0.717) is 17.5 Å². The van der Waals surface area contributed by atoms with Gasteiger partial charge in [-0.05, 0) is 105 Å². The van der Waals surface area contributed by atoms with Gasteiger partial charge in [0.05, 0.1) is 4.88 Å². The zero-order valence-corrected chi connectivity index (χ0v) is 30.3. The quantitative estimate of drug-likeness (QED) is 0.170. The highest BCUT2D eigenvalue weighted by atomic mass is 32.1. The van der Waals surface area contributed by atoms with E-state index >= 15 is 0 Å². The minimum atomic E-state index is 0.654. The molecule has 0 aliphatic heterocycles. The largest absolute Gasteiger partial charge is 0.208 e. The highest BCUT2D eigenvalue weighted by Gasteiger charge is 2.19. The molecule has 2 aromatic heterocycles. The summed E-state index contributed by atoms with van der Waals surface area (Å²) in [6.45, 7) is 0. The van der Waals surface area contributed by atoms with Gasteiger partial charge in [-0.15, -0.1) is 11.3 Å². The normalized spacial score (nSPS) is 12.0. The summed E-state index contributed by atoms with van der Waals surface area (Å²) in [6.07, 6.45) is 0. The van der Waals surface area contributed by atoms with E-state index in [4.69, 9.17) is 15.0 Å². The van der Waals surface area contributed by atoms with Crippen LogP contribution in [0.1, 0.15) is 0 Å². The molecule has 254 valence electrons. The van der Waals surface area contributed by atoms with Gasteiger partial charge < -0.3 is 0 Å². The van der Waals surface area contributed by atoms with Crippen LogP contribution < -0.4 is 0 Å². The smallest absolute Gasteiger partial charge is 0.174 e. The van der Waals surface area contributed by atoms with E-state index < -0.39 is 0 Å². The topological polar surface area (TPSA) is 38.7 Å². The van der Waals surface area contributed by atoms with E-state index in [2.05, 4.69) is 170 Å². The average molecular weight is 716 g/mol. The molecule has 0 atom stereocenters. The summed E-state index contributed by atoms with van der Waals surface area (Å²) in [6, 6.07) is 63.5. The first-order valence-electron chi connectivity index (χ1n) is 18.6. The summed E-state index contributed by atoms with van der Waals surface area (Å²) in [4.78, 5) is 16.7. The molecule has 0 saturated carbocycles. The number of nitrogens with zero attached hydrogens (tertiary/aromatic N) is 3. The third-order valence-corrected chi connectivity index (χ3v) is 12.3. The number of aromatic nitrogens is 3. The molecule has 12 aromatic rings. The Morgan fingerprint density at radius 1 is 0.291 bits per heavy atom. The van der Waals surface area contributed by atoms with Crippen molar-refractivity contribution in [2.45, 2.75) is 0 Å². The van der Waals surface area contributed by atoms with Gasteiger partial charge in [0, 0.05) is 15.8 Å². The Kier molecular flexibility index (Phi) is 6.50. The van der Waals surface area contributed by atoms with Crippen molar-refractivity contribution in [2.75, 3.05) is 0 Å². The molecule has 55 heavy (non-hydrogen) atoms. The summed E-state index contributed by atoms with van der Waals surface area (Å²) in [5.41, 5.74) is 4.24. The molecule has 10 aromatic carbocycles. The van der Waals surface area contributed by atoms with Gasteiger partial charge in [0.15, 0.2) is 17.5 Å². The van der Waals surface area contributed by atoms with E-state index in [1.54, 1.807) is 11.3 Å². The van der Waals surface area contributed by atoms with Gasteiger partial charge in [0.2, 0.25) is 0 Å². The zero-order valence-electron chi connectivity index (χ0n) is 29.5. The van der Waals surface area contributed by atoms with Gasteiger partial charge in [-0.25, -0.2) is 15.0 Å². The first-order valence-corrected chi connectivity index (χ1v) is 19.4. The molecule has 0 aliphatic carbocycles. The van der Waals surface area contributed by atoms with Crippen molar-refractivity contribution in [1.29, 1.82) is 0 Å². The second kappa shape index (κ2) is 11.7. The number of hydrogen-bond acceptors (Lipinski definition) is 4. The summed E-state index contributed by atoms with van der Waals surface area (Å²) >= 11 is 1.72. The van der Waals surface area contributed by atoms with Crippen molar-refractivity contribution < 1.29 is 0 Å². The van der Waals surface area contributed by atoms with Gasteiger partial charge in [-0.1, -0.05) is 152 Å². The zero-order chi connectivity index (χ0) is 36.0. The van der Waals surface area contributed by atoms with Crippen molar-refractivity contribution >= 4 is 86.1 Å². The fraction of sp³-hybridized carbons (Fsp3) is 0. The fourth-order valence-electron chi connectivity index (χ4n) is 8.69. The lowest BCUT2D eigenvalue weighted by Gasteiger charge is -2.17. The number of hydrogen-bond donors (Lipinski definition) is 0. The van der Waals surface area contributed by atoms with Crippen molar-refractivity contribution in [1.82, 2.24) is 15.0 Å². The molecule has 0 saturated heterocycles. The molecule has 0 unspecified atom stereocenters. The predicted octanol–water partition coefficient (Wildman–Crippen LogP) is 14.1. The highest BCUT2D eigenvalue weighted by Crippen LogP contribution is 2.44. The molecule has 0 spiro atoms. The summed E-state index contributed by atoms with van der Waals surface area (Å²) in [7, 11) is 0. The standard InChI is InChI=1S/C51H29N3S/c1-2-9-30(10-3-1)31-19-24-35(25-20-31)49-52-50(54-51(53-49)44-29-36-11-4-5-18-43(36)55-44)38-27-37-26-23-34-13-7-16-40-39-15-6-12-32-21-22-33-14-8-17-41(47(33)45(32)39)42(28-38)48(37)46(34)40/h1-29H. The SMILES string of the molecule is c1ccc(-c2ccc(-c3nc(-c4cc5ccc6cccc7c8cccc9ccc%10cccc(c(c4)c5c67)c%10c98)nc(-c4cc5ccccc5s4)n3)cc2)cc1. The third-order valence-electron chi connectivity index (χ3n) is 11.2. The first-order chi connectivity index (χ1) is 27.2. The third kappa shape index (κ3) is 4.72. The molecule has 3 nitrogen and oxygen atoms in total. The van der Waals surface area contributed by atoms with Crippen LogP contribution in [0, 0.1) is 0 Å². The lowest BCUT2D eigenvalue weighted by molar-refractivity contribution is 1.08. The molecule has 12 rings (SSSR count). The second-order valence-corrected chi connectivity index (χ2v) is 15.4. The van der Waals surface area contributed by atoms with Crippen LogP contribution in [-0.2, 0) is 0 Å². The maximum atomic E-state index is 5.27. The Morgan fingerprint density at radius 3 is 1.44 bits per heavy atom. The molecule has 0 N–H and O–H groups in total. The minimum absolute atomic E-state index is 0.654. The van der Waals surface area contributed by atoms with Gasteiger partial charge in [0.25, 0.3) is 0 Å². The second-order valence-electron chi connectivity index (χ2n) is 14.4. The van der Waals surface area contributed by atoms with Gasteiger partial charge in [0.1, 0.15) is 0 Å². The number of benzene rings is 9. The van der Waals surface area contributed by atoms with Crippen LogP contribution in [0.5, 0.6) is 0 Å². The molecule has 0 amide bonds. The first kappa shape index (κ1) is 30.5. The fourth-order valence-corrected chi connectivity index (χ4v) is 9.69. The molecule has 0 bridgehead atoms. The molecule has 0 fully saturated rings. The van der Waals surface area contributed by atoms with Crippen LogP contribution in [0.2, 0.25) is 0 Å². The summed E-state index contributed by atoms with van der Waals surface area (Å²) < 4.78 is 1.21. The number of rotatable bonds is 4. The van der Waals surface area contributed by atoms with Crippen LogP contribution in [0.15, 0.2) is 176 Å². The maximum absolute atomic E-state index is 5.27. The Balaban J connectivity index is 1.17.